The molecule has 0 fully saturated rings. The van der Waals surface area contributed by atoms with Crippen LogP contribution in [-0.2, 0) is 13.0 Å². The van der Waals surface area contributed by atoms with E-state index in [0.29, 0.717) is 12.3 Å². The molecule has 0 aliphatic rings. The predicted octanol–water partition coefficient (Wildman–Crippen LogP) is 3.72. The van der Waals surface area contributed by atoms with E-state index in [0.717, 1.165) is 23.3 Å². The fourth-order valence-electron chi connectivity index (χ4n) is 1.83. The summed E-state index contributed by atoms with van der Waals surface area (Å²) in [5, 5.41) is 0. The lowest BCUT2D eigenvalue weighted by molar-refractivity contribution is 0.308. The SMILES string of the molecule is CCc1ccc(COc2ccc(C)cc2N)cc1. The van der Waals surface area contributed by atoms with E-state index in [2.05, 4.69) is 31.2 Å². The van der Waals surface area contributed by atoms with Gasteiger partial charge in [0.25, 0.3) is 0 Å². The molecule has 0 amide bonds. The Labute approximate surface area is 108 Å². The Morgan fingerprint density at radius 2 is 1.67 bits per heavy atom. The second-order valence-electron chi connectivity index (χ2n) is 4.50. The number of rotatable bonds is 4. The fourth-order valence-corrected chi connectivity index (χ4v) is 1.83. The van der Waals surface area contributed by atoms with Crippen LogP contribution in [0.3, 0.4) is 0 Å². The largest absolute Gasteiger partial charge is 0.487 e. The van der Waals surface area contributed by atoms with Crippen molar-refractivity contribution < 1.29 is 4.74 Å². The molecule has 0 radical (unpaired) electrons. The molecule has 0 aromatic heterocycles. The molecule has 2 rings (SSSR count). The molecule has 2 heteroatoms. The highest BCUT2D eigenvalue weighted by Gasteiger charge is 2.01. The number of benzene rings is 2. The normalized spacial score (nSPS) is 10.3. The van der Waals surface area contributed by atoms with Crippen molar-refractivity contribution >= 4 is 5.69 Å². The summed E-state index contributed by atoms with van der Waals surface area (Å²) in [6.07, 6.45) is 1.06. The molecule has 2 aromatic rings. The smallest absolute Gasteiger partial charge is 0.142 e. The topological polar surface area (TPSA) is 35.2 Å². The number of aryl methyl sites for hydroxylation is 2. The van der Waals surface area contributed by atoms with Gasteiger partial charge in [-0.3, -0.25) is 0 Å². The quantitative estimate of drug-likeness (QED) is 0.828. The van der Waals surface area contributed by atoms with Crippen molar-refractivity contribution in [2.24, 2.45) is 0 Å². The summed E-state index contributed by atoms with van der Waals surface area (Å²) in [7, 11) is 0. The molecule has 0 unspecified atom stereocenters. The van der Waals surface area contributed by atoms with Crippen LogP contribution in [0.1, 0.15) is 23.6 Å². The highest BCUT2D eigenvalue weighted by Crippen LogP contribution is 2.23. The fraction of sp³-hybridized carbons (Fsp3) is 0.250. The third-order valence-electron chi connectivity index (χ3n) is 2.99. The van der Waals surface area contributed by atoms with Crippen LogP contribution >= 0.6 is 0 Å². The van der Waals surface area contributed by atoms with Crippen molar-refractivity contribution in [1.82, 2.24) is 0 Å². The lowest BCUT2D eigenvalue weighted by atomic mass is 10.1. The van der Waals surface area contributed by atoms with E-state index in [4.69, 9.17) is 10.5 Å². The number of nitrogens with two attached hydrogens (primary N) is 1. The minimum Gasteiger partial charge on any atom is -0.487 e. The molecule has 0 saturated carbocycles. The molecule has 2 aromatic carbocycles. The van der Waals surface area contributed by atoms with Crippen molar-refractivity contribution in [1.29, 1.82) is 0 Å². The predicted molar refractivity (Wildman–Crippen MR) is 75.7 cm³/mol. The minimum absolute atomic E-state index is 0.553. The molecule has 2 N–H and O–H groups in total. The highest BCUT2D eigenvalue weighted by atomic mass is 16.5. The molecule has 0 heterocycles. The summed E-state index contributed by atoms with van der Waals surface area (Å²) in [5.41, 5.74) is 10.2. The summed E-state index contributed by atoms with van der Waals surface area (Å²) in [4.78, 5) is 0. The van der Waals surface area contributed by atoms with Crippen LogP contribution in [0.2, 0.25) is 0 Å². The van der Waals surface area contributed by atoms with E-state index in [1.165, 1.54) is 5.56 Å². The molecule has 0 atom stereocenters. The minimum atomic E-state index is 0.553. The van der Waals surface area contributed by atoms with E-state index >= 15 is 0 Å². The highest BCUT2D eigenvalue weighted by molar-refractivity contribution is 5.54. The van der Waals surface area contributed by atoms with Gasteiger partial charge in [0.05, 0.1) is 5.69 Å². The maximum atomic E-state index is 5.91. The average molecular weight is 241 g/mol. The number of anilines is 1. The van der Waals surface area contributed by atoms with E-state index in [1.54, 1.807) is 0 Å². The van der Waals surface area contributed by atoms with E-state index < -0.39 is 0 Å². The molecule has 2 nitrogen and oxygen atoms in total. The van der Waals surface area contributed by atoms with Gasteiger partial charge in [0.15, 0.2) is 0 Å². The lowest BCUT2D eigenvalue weighted by Crippen LogP contribution is -1.99. The molecule has 0 aliphatic heterocycles. The third-order valence-corrected chi connectivity index (χ3v) is 2.99. The van der Waals surface area contributed by atoms with Crippen LogP contribution in [0.4, 0.5) is 5.69 Å². The zero-order valence-electron chi connectivity index (χ0n) is 10.9. The van der Waals surface area contributed by atoms with Crippen molar-refractivity contribution in [3.05, 3.63) is 59.2 Å². The molecule has 18 heavy (non-hydrogen) atoms. The Balaban J connectivity index is 2.02. The van der Waals surface area contributed by atoms with Crippen LogP contribution in [0, 0.1) is 6.92 Å². The van der Waals surface area contributed by atoms with Gasteiger partial charge in [-0.15, -0.1) is 0 Å². The van der Waals surface area contributed by atoms with Gasteiger partial charge in [-0.1, -0.05) is 37.3 Å². The first-order valence-corrected chi connectivity index (χ1v) is 6.26. The van der Waals surface area contributed by atoms with Gasteiger partial charge < -0.3 is 10.5 Å². The standard InChI is InChI=1S/C16H19NO/c1-3-13-5-7-14(8-6-13)11-18-16-9-4-12(2)10-15(16)17/h4-10H,3,11,17H2,1-2H3. The van der Waals surface area contributed by atoms with E-state index in [1.807, 2.05) is 25.1 Å². The molecule has 0 saturated heterocycles. The Bertz CT molecular complexity index is 517. The lowest BCUT2D eigenvalue weighted by Gasteiger charge is -2.09. The van der Waals surface area contributed by atoms with Gasteiger partial charge in [-0.05, 0) is 42.2 Å². The van der Waals surface area contributed by atoms with Gasteiger partial charge in [0.1, 0.15) is 12.4 Å². The van der Waals surface area contributed by atoms with E-state index in [9.17, 15) is 0 Å². The number of hydrogen-bond acceptors (Lipinski definition) is 2. The Hall–Kier alpha value is -1.96. The van der Waals surface area contributed by atoms with Crippen LogP contribution in [-0.4, -0.2) is 0 Å². The van der Waals surface area contributed by atoms with Gasteiger partial charge in [-0.2, -0.15) is 0 Å². The van der Waals surface area contributed by atoms with Crippen LogP contribution in [0.5, 0.6) is 5.75 Å². The first-order valence-electron chi connectivity index (χ1n) is 6.26. The molecule has 94 valence electrons. The van der Waals surface area contributed by atoms with Gasteiger partial charge in [-0.25, -0.2) is 0 Å². The van der Waals surface area contributed by atoms with Gasteiger partial charge in [0, 0.05) is 0 Å². The Morgan fingerprint density at radius 3 is 2.28 bits per heavy atom. The van der Waals surface area contributed by atoms with Gasteiger partial charge >= 0.3 is 0 Å². The maximum Gasteiger partial charge on any atom is 0.142 e. The van der Waals surface area contributed by atoms with E-state index in [-0.39, 0.29) is 0 Å². The van der Waals surface area contributed by atoms with Crippen molar-refractivity contribution in [3.63, 3.8) is 0 Å². The number of nitrogen functional groups attached to an aromatic ring is 1. The molecule has 0 spiro atoms. The zero-order chi connectivity index (χ0) is 13.0. The summed E-state index contributed by atoms with van der Waals surface area (Å²) in [5.74, 6) is 0.750. The number of hydrogen-bond donors (Lipinski definition) is 1. The molecular formula is C16H19NO. The van der Waals surface area contributed by atoms with Crippen LogP contribution in [0.15, 0.2) is 42.5 Å². The maximum absolute atomic E-state index is 5.91. The molecule has 0 bridgehead atoms. The monoisotopic (exact) mass is 241 g/mol. The van der Waals surface area contributed by atoms with Crippen molar-refractivity contribution in [3.8, 4) is 5.75 Å². The van der Waals surface area contributed by atoms with Crippen molar-refractivity contribution in [2.75, 3.05) is 5.73 Å². The number of ether oxygens (including phenoxy) is 1. The first-order chi connectivity index (χ1) is 8.69. The summed E-state index contributed by atoms with van der Waals surface area (Å²) in [6, 6.07) is 14.3. The molecule has 0 aliphatic carbocycles. The second kappa shape index (κ2) is 5.58. The van der Waals surface area contributed by atoms with Gasteiger partial charge in [0.2, 0.25) is 0 Å². The second-order valence-corrected chi connectivity index (χ2v) is 4.50. The summed E-state index contributed by atoms with van der Waals surface area (Å²) < 4.78 is 5.73. The first kappa shape index (κ1) is 12.5. The van der Waals surface area contributed by atoms with Crippen molar-refractivity contribution in [2.45, 2.75) is 26.9 Å². The summed E-state index contributed by atoms with van der Waals surface area (Å²) >= 11 is 0. The molecular weight excluding hydrogens is 222 g/mol. The Kier molecular flexibility index (Phi) is 3.88. The summed E-state index contributed by atoms with van der Waals surface area (Å²) in [6.45, 7) is 4.72. The Morgan fingerprint density at radius 1 is 1.00 bits per heavy atom. The zero-order valence-corrected chi connectivity index (χ0v) is 10.9. The average Bonchev–Trinajstić information content (AvgIpc) is 2.38. The third kappa shape index (κ3) is 3.04. The van der Waals surface area contributed by atoms with Crippen LogP contribution in [0.25, 0.3) is 0 Å². The van der Waals surface area contributed by atoms with Crippen LogP contribution < -0.4 is 10.5 Å².